The Morgan fingerprint density at radius 2 is 2.00 bits per heavy atom. The van der Waals surface area contributed by atoms with Gasteiger partial charge >= 0.3 is 0 Å². The van der Waals surface area contributed by atoms with Crippen molar-refractivity contribution in [2.75, 3.05) is 5.33 Å². The van der Waals surface area contributed by atoms with Gasteiger partial charge in [-0.1, -0.05) is 15.9 Å². The Morgan fingerprint density at radius 1 is 1.44 bits per heavy atom. The molecule has 2 bridgehead atoms. The zero-order valence-electron chi connectivity index (χ0n) is 4.83. The van der Waals surface area contributed by atoms with Crippen molar-refractivity contribution in [1.82, 2.24) is 0 Å². The average molecular weight is 197 g/mol. The van der Waals surface area contributed by atoms with Crippen LogP contribution < -0.4 is 0 Å². The highest BCUT2D eigenvalue weighted by Gasteiger charge is 2.78. The lowest BCUT2D eigenvalue weighted by atomic mass is 9.42. The summed E-state index contributed by atoms with van der Waals surface area (Å²) in [6.07, 6.45) is 1.48. The molecule has 0 unspecified atom stereocenters. The third-order valence-corrected chi connectivity index (χ3v) is 3.82. The van der Waals surface area contributed by atoms with E-state index in [0.717, 1.165) is 12.8 Å². The van der Waals surface area contributed by atoms with Crippen LogP contribution in [0, 0.1) is 11.3 Å². The smallest absolute Gasteiger partial charge is 0.206 e. The molecule has 9 heavy (non-hydrogen) atoms. The molecule has 0 nitrogen and oxygen atoms in total. The predicted molar refractivity (Wildman–Crippen MR) is 33.9 cm³/mol. The van der Waals surface area contributed by atoms with Crippen molar-refractivity contribution in [2.24, 2.45) is 11.3 Å². The topological polar surface area (TPSA) is 0 Å². The number of alkyl halides is 3. The Balaban J connectivity index is 2.18. The largest absolute Gasteiger partial charge is 0.257 e. The van der Waals surface area contributed by atoms with Gasteiger partial charge in [-0.3, -0.25) is 0 Å². The molecule has 3 fully saturated rings. The summed E-state index contributed by atoms with van der Waals surface area (Å²) < 4.78 is 25.2. The van der Waals surface area contributed by atoms with Crippen molar-refractivity contribution in [2.45, 2.75) is 18.8 Å². The van der Waals surface area contributed by atoms with Crippen LogP contribution >= 0.6 is 15.9 Å². The van der Waals surface area contributed by atoms with E-state index in [9.17, 15) is 8.78 Å². The number of rotatable bonds is 1. The Hall–Kier alpha value is 0.340. The van der Waals surface area contributed by atoms with E-state index in [1.807, 2.05) is 0 Å². The van der Waals surface area contributed by atoms with Crippen LogP contribution in [0.1, 0.15) is 12.8 Å². The van der Waals surface area contributed by atoms with Crippen LogP contribution in [-0.4, -0.2) is 11.3 Å². The number of halogens is 3. The molecular weight excluding hydrogens is 190 g/mol. The fourth-order valence-electron chi connectivity index (χ4n) is 1.78. The molecule has 0 aliphatic heterocycles. The maximum Gasteiger partial charge on any atom is 0.257 e. The first kappa shape index (κ1) is 6.08. The minimum absolute atomic E-state index is 0.268. The van der Waals surface area contributed by atoms with E-state index in [0.29, 0.717) is 5.33 Å². The number of hydrogen-bond donors (Lipinski definition) is 0. The third-order valence-electron chi connectivity index (χ3n) is 2.75. The lowest BCUT2D eigenvalue weighted by Gasteiger charge is -2.66. The lowest BCUT2D eigenvalue weighted by molar-refractivity contribution is -0.337. The molecular formula is C6H7BrF2. The summed E-state index contributed by atoms with van der Waals surface area (Å²) in [5.41, 5.74) is -0.613. The van der Waals surface area contributed by atoms with Crippen molar-refractivity contribution in [1.29, 1.82) is 0 Å². The number of hydrogen-bond acceptors (Lipinski definition) is 0. The molecule has 52 valence electrons. The van der Waals surface area contributed by atoms with Crippen molar-refractivity contribution in [3.8, 4) is 0 Å². The maximum atomic E-state index is 12.6. The van der Waals surface area contributed by atoms with Gasteiger partial charge in [0.25, 0.3) is 5.92 Å². The molecule has 0 radical (unpaired) electrons. The van der Waals surface area contributed by atoms with Gasteiger partial charge in [-0.15, -0.1) is 0 Å². The summed E-state index contributed by atoms with van der Waals surface area (Å²) in [5, 5.41) is 0.476. The highest BCUT2D eigenvalue weighted by Crippen LogP contribution is 2.74. The van der Waals surface area contributed by atoms with Crippen molar-refractivity contribution >= 4 is 15.9 Å². The molecule has 0 N–H and O–H groups in total. The van der Waals surface area contributed by atoms with Crippen LogP contribution in [0.5, 0.6) is 0 Å². The normalized spacial score (nSPS) is 51.7. The lowest BCUT2D eigenvalue weighted by Crippen LogP contribution is -2.71. The summed E-state index contributed by atoms with van der Waals surface area (Å²) in [6, 6.07) is 0. The Labute approximate surface area is 60.8 Å². The quantitative estimate of drug-likeness (QED) is 0.566. The van der Waals surface area contributed by atoms with E-state index < -0.39 is 11.3 Å². The summed E-state index contributed by atoms with van der Waals surface area (Å²) >= 11 is 3.12. The second kappa shape index (κ2) is 1.34. The predicted octanol–water partition coefficient (Wildman–Crippen LogP) is 2.43. The van der Waals surface area contributed by atoms with Gasteiger partial charge in [0.05, 0.1) is 0 Å². The van der Waals surface area contributed by atoms with Gasteiger partial charge in [0, 0.05) is 16.7 Å². The third kappa shape index (κ3) is 0.417. The zero-order chi connectivity index (χ0) is 6.70. The van der Waals surface area contributed by atoms with E-state index in [-0.39, 0.29) is 5.92 Å². The van der Waals surface area contributed by atoms with Crippen molar-refractivity contribution < 1.29 is 8.78 Å². The SMILES string of the molecule is FC1(F)C2CC1(CBr)C2. The second-order valence-electron chi connectivity index (χ2n) is 3.14. The molecule has 0 amide bonds. The van der Waals surface area contributed by atoms with Crippen LogP contribution in [0.2, 0.25) is 0 Å². The first-order chi connectivity index (χ1) is 4.12. The summed E-state index contributed by atoms with van der Waals surface area (Å²) in [6.45, 7) is 0. The molecule has 0 heterocycles. The van der Waals surface area contributed by atoms with Crippen LogP contribution in [0.4, 0.5) is 8.78 Å². The van der Waals surface area contributed by atoms with Crippen molar-refractivity contribution in [3.05, 3.63) is 0 Å². The standard InChI is InChI=1S/C6H7BrF2/c7-3-5-1-4(2-5)6(5,8)9/h4H,1-3H2. The van der Waals surface area contributed by atoms with Crippen LogP contribution in [-0.2, 0) is 0 Å². The maximum absolute atomic E-state index is 12.6. The van der Waals surface area contributed by atoms with Gasteiger partial charge in [0.2, 0.25) is 0 Å². The van der Waals surface area contributed by atoms with Crippen LogP contribution in [0.15, 0.2) is 0 Å². The van der Waals surface area contributed by atoms with Crippen molar-refractivity contribution in [3.63, 3.8) is 0 Å². The average Bonchev–Trinajstić information content (AvgIpc) is 1.63. The van der Waals surface area contributed by atoms with E-state index in [2.05, 4.69) is 15.9 Å². The summed E-state index contributed by atoms with van der Waals surface area (Å²) in [7, 11) is 0. The highest BCUT2D eigenvalue weighted by atomic mass is 79.9. The first-order valence-corrected chi connectivity index (χ1v) is 4.18. The van der Waals surface area contributed by atoms with Gasteiger partial charge in [0.1, 0.15) is 0 Å². The highest BCUT2D eigenvalue weighted by molar-refractivity contribution is 9.09. The first-order valence-electron chi connectivity index (χ1n) is 3.06. The fourth-order valence-corrected chi connectivity index (χ4v) is 2.61. The molecule has 3 saturated carbocycles. The molecule has 3 aliphatic rings. The Morgan fingerprint density at radius 3 is 2.00 bits per heavy atom. The van der Waals surface area contributed by atoms with E-state index in [1.165, 1.54) is 0 Å². The van der Waals surface area contributed by atoms with E-state index >= 15 is 0 Å². The van der Waals surface area contributed by atoms with Gasteiger partial charge < -0.3 is 0 Å². The molecule has 0 aromatic heterocycles. The van der Waals surface area contributed by atoms with E-state index in [1.54, 1.807) is 0 Å². The summed E-state index contributed by atoms with van der Waals surface area (Å²) in [4.78, 5) is 0. The van der Waals surface area contributed by atoms with Gasteiger partial charge in [-0.25, -0.2) is 8.78 Å². The molecule has 3 rings (SSSR count). The Bertz CT molecular complexity index is 144. The molecule has 0 aromatic rings. The molecule has 0 saturated heterocycles. The minimum atomic E-state index is -2.32. The van der Waals surface area contributed by atoms with Gasteiger partial charge in [-0.2, -0.15) is 0 Å². The zero-order valence-corrected chi connectivity index (χ0v) is 6.42. The van der Waals surface area contributed by atoms with Crippen LogP contribution in [0.25, 0.3) is 0 Å². The Kier molecular flexibility index (Phi) is 0.902. The second-order valence-corrected chi connectivity index (χ2v) is 3.70. The van der Waals surface area contributed by atoms with E-state index in [4.69, 9.17) is 0 Å². The minimum Gasteiger partial charge on any atom is -0.206 e. The molecule has 0 atom stereocenters. The monoisotopic (exact) mass is 196 g/mol. The van der Waals surface area contributed by atoms with Gasteiger partial charge in [0.15, 0.2) is 0 Å². The molecule has 0 spiro atoms. The molecule has 0 aromatic carbocycles. The van der Waals surface area contributed by atoms with Gasteiger partial charge in [-0.05, 0) is 12.8 Å². The molecule has 3 aliphatic carbocycles. The molecule has 3 heteroatoms. The summed E-state index contributed by atoms with van der Waals surface area (Å²) in [5.74, 6) is -2.59. The van der Waals surface area contributed by atoms with Crippen LogP contribution in [0.3, 0.4) is 0 Å². The fraction of sp³-hybridized carbons (Fsp3) is 1.00.